The highest BCUT2D eigenvalue weighted by Gasteiger charge is 2.05. The number of unbranched alkanes of at least 4 members (excludes halogenated alkanes) is 1. The van der Waals surface area contributed by atoms with Gasteiger partial charge in [0.15, 0.2) is 5.82 Å². The largest absolute Gasteiger partial charge is 0.316 e. The lowest BCUT2D eigenvalue weighted by Crippen LogP contribution is -2.25. The van der Waals surface area contributed by atoms with Crippen molar-refractivity contribution in [3.05, 3.63) is 12.2 Å². The minimum Gasteiger partial charge on any atom is -0.316 e. The van der Waals surface area contributed by atoms with Crippen LogP contribution >= 0.6 is 0 Å². The van der Waals surface area contributed by atoms with Crippen molar-refractivity contribution in [2.24, 2.45) is 13.0 Å². The van der Waals surface area contributed by atoms with E-state index < -0.39 is 0 Å². The summed E-state index contributed by atoms with van der Waals surface area (Å²) >= 11 is 0. The highest BCUT2D eigenvalue weighted by molar-refractivity contribution is 4.82. The Bertz CT molecular complexity index is 295. The Morgan fingerprint density at radius 1 is 1.41 bits per heavy atom. The SMILES string of the molecule is CCCCC(CC)CNCCc1ncn(C)n1. The van der Waals surface area contributed by atoms with E-state index in [2.05, 4.69) is 29.2 Å². The van der Waals surface area contributed by atoms with Crippen LogP contribution in [-0.2, 0) is 13.5 Å². The third-order valence-corrected chi connectivity index (χ3v) is 3.15. The Morgan fingerprint density at radius 3 is 2.82 bits per heavy atom. The summed E-state index contributed by atoms with van der Waals surface area (Å²) in [6, 6.07) is 0. The molecule has 17 heavy (non-hydrogen) atoms. The quantitative estimate of drug-likeness (QED) is 0.670. The zero-order valence-corrected chi connectivity index (χ0v) is 11.4. The Balaban J connectivity index is 2.09. The number of hydrogen-bond donors (Lipinski definition) is 1. The predicted molar refractivity (Wildman–Crippen MR) is 70.9 cm³/mol. The molecule has 4 heteroatoms. The van der Waals surface area contributed by atoms with Gasteiger partial charge >= 0.3 is 0 Å². The monoisotopic (exact) mass is 238 g/mol. The van der Waals surface area contributed by atoms with Crippen LogP contribution in [0.15, 0.2) is 6.33 Å². The second-order valence-electron chi connectivity index (χ2n) is 4.71. The van der Waals surface area contributed by atoms with Gasteiger partial charge in [-0.2, -0.15) is 5.10 Å². The fourth-order valence-electron chi connectivity index (χ4n) is 1.95. The van der Waals surface area contributed by atoms with Gasteiger partial charge in [0.25, 0.3) is 0 Å². The van der Waals surface area contributed by atoms with Crippen LogP contribution < -0.4 is 5.32 Å². The van der Waals surface area contributed by atoms with E-state index >= 15 is 0 Å². The third kappa shape index (κ3) is 5.82. The van der Waals surface area contributed by atoms with Crippen LogP contribution in [0, 0.1) is 5.92 Å². The number of nitrogens with one attached hydrogen (secondary N) is 1. The molecule has 0 aromatic carbocycles. The van der Waals surface area contributed by atoms with Crippen LogP contribution in [0.2, 0.25) is 0 Å². The van der Waals surface area contributed by atoms with Gasteiger partial charge in [0.2, 0.25) is 0 Å². The summed E-state index contributed by atoms with van der Waals surface area (Å²) in [6.07, 6.45) is 7.95. The van der Waals surface area contributed by atoms with E-state index in [-0.39, 0.29) is 0 Å². The topological polar surface area (TPSA) is 42.7 Å². The average Bonchev–Trinajstić information content (AvgIpc) is 2.74. The van der Waals surface area contributed by atoms with Gasteiger partial charge in [-0.25, -0.2) is 4.98 Å². The molecule has 4 nitrogen and oxygen atoms in total. The van der Waals surface area contributed by atoms with Crippen molar-refractivity contribution < 1.29 is 0 Å². The van der Waals surface area contributed by atoms with Crippen LogP contribution in [0.3, 0.4) is 0 Å². The number of nitrogens with zero attached hydrogens (tertiary/aromatic N) is 3. The van der Waals surface area contributed by atoms with Crippen LogP contribution in [0.4, 0.5) is 0 Å². The minimum atomic E-state index is 0.826. The molecule has 1 aromatic rings. The summed E-state index contributed by atoms with van der Waals surface area (Å²) in [5.41, 5.74) is 0. The molecule has 0 bridgehead atoms. The van der Waals surface area contributed by atoms with Crippen molar-refractivity contribution in [1.29, 1.82) is 0 Å². The summed E-state index contributed by atoms with van der Waals surface area (Å²) < 4.78 is 1.76. The molecular weight excluding hydrogens is 212 g/mol. The van der Waals surface area contributed by atoms with Gasteiger partial charge in [0.1, 0.15) is 6.33 Å². The van der Waals surface area contributed by atoms with E-state index in [1.54, 1.807) is 11.0 Å². The van der Waals surface area contributed by atoms with Gasteiger partial charge in [0, 0.05) is 20.0 Å². The fourth-order valence-corrected chi connectivity index (χ4v) is 1.95. The van der Waals surface area contributed by atoms with Gasteiger partial charge in [-0.3, -0.25) is 4.68 Å². The maximum Gasteiger partial charge on any atom is 0.151 e. The van der Waals surface area contributed by atoms with Crippen molar-refractivity contribution in [2.75, 3.05) is 13.1 Å². The number of rotatable bonds is 9. The molecule has 1 aromatic heterocycles. The predicted octanol–water partition coefficient (Wildman–Crippen LogP) is 2.16. The molecule has 1 N–H and O–H groups in total. The summed E-state index contributed by atoms with van der Waals surface area (Å²) in [7, 11) is 1.90. The zero-order valence-electron chi connectivity index (χ0n) is 11.4. The lowest BCUT2D eigenvalue weighted by atomic mass is 9.99. The van der Waals surface area contributed by atoms with Crippen molar-refractivity contribution in [2.45, 2.75) is 46.0 Å². The smallest absolute Gasteiger partial charge is 0.151 e. The lowest BCUT2D eigenvalue weighted by molar-refractivity contribution is 0.420. The van der Waals surface area contributed by atoms with Crippen LogP contribution in [0.1, 0.15) is 45.4 Å². The Labute approximate surface area is 105 Å². The van der Waals surface area contributed by atoms with Crippen molar-refractivity contribution >= 4 is 0 Å². The molecule has 1 heterocycles. The standard InChI is InChI=1S/C13H26N4/c1-4-6-7-12(5-2)10-14-9-8-13-15-11-17(3)16-13/h11-12,14H,4-10H2,1-3H3. The molecule has 98 valence electrons. The average molecular weight is 238 g/mol. The summed E-state index contributed by atoms with van der Waals surface area (Å²) in [6.45, 7) is 6.64. The lowest BCUT2D eigenvalue weighted by Gasteiger charge is -2.14. The first kappa shape index (κ1) is 14.2. The molecule has 0 fully saturated rings. The molecule has 1 rings (SSSR count). The number of aromatic nitrogens is 3. The van der Waals surface area contributed by atoms with Crippen molar-refractivity contribution in [1.82, 2.24) is 20.1 Å². The molecule has 0 aliphatic carbocycles. The maximum atomic E-state index is 4.26. The molecule has 0 saturated carbocycles. The Morgan fingerprint density at radius 2 is 2.24 bits per heavy atom. The first-order chi connectivity index (χ1) is 8.26. The van der Waals surface area contributed by atoms with Gasteiger partial charge in [0.05, 0.1) is 0 Å². The molecule has 1 atom stereocenters. The highest BCUT2D eigenvalue weighted by Crippen LogP contribution is 2.10. The maximum absolute atomic E-state index is 4.26. The summed E-state index contributed by atoms with van der Waals surface area (Å²) in [5, 5.41) is 7.78. The first-order valence-corrected chi connectivity index (χ1v) is 6.81. The van der Waals surface area contributed by atoms with Crippen molar-refractivity contribution in [3.8, 4) is 0 Å². The molecule has 0 radical (unpaired) electrons. The molecule has 0 aliphatic heterocycles. The number of hydrogen-bond acceptors (Lipinski definition) is 3. The molecule has 0 spiro atoms. The van der Waals surface area contributed by atoms with E-state index in [9.17, 15) is 0 Å². The number of aryl methyl sites for hydroxylation is 1. The van der Waals surface area contributed by atoms with Gasteiger partial charge < -0.3 is 5.32 Å². The van der Waals surface area contributed by atoms with Crippen LogP contribution in [0.5, 0.6) is 0 Å². The molecule has 0 saturated heterocycles. The zero-order chi connectivity index (χ0) is 12.5. The normalized spacial score (nSPS) is 12.9. The second-order valence-corrected chi connectivity index (χ2v) is 4.71. The van der Waals surface area contributed by atoms with E-state index in [0.29, 0.717) is 0 Å². The molecule has 1 unspecified atom stereocenters. The Kier molecular flexibility index (Phi) is 6.86. The fraction of sp³-hybridized carbons (Fsp3) is 0.846. The molecule has 0 amide bonds. The molecule has 0 aliphatic rings. The van der Waals surface area contributed by atoms with E-state index in [0.717, 1.165) is 31.3 Å². The second kappa shape index (κ2) is 8.23. The van der Waals surface area contributed by atoms with E-state index in [4.69, 9.17) is 0 Å². The summed E-state index contributed by atoms with van der Waals surface area (Å²) in [4.78, 5) is 4.21. The molecular formula is C13H26N4. The van der Waals surface area contributed by atoms with Gasteiger partial charge in [-0.1, -0.05) is 33.1 Å². The van der Waals surface area contributed by atoms with Crippen molar-refractivity contribution in [3.63, 3.8) is 0 Å². The van der Waals surface area contributed by atoms with E-state index in [1.807, 2.05) is 7.05 Å². The van der Waals surface area contributed by atoms with Gasteiger partial charge in [-0.15, -0.1) is 0 Å². The van der Waals surface area contributed by atoms with E-state index in [1.165, 1.54) is 25.7 Å². The van der Waals surface area contributed by atoms with Gasteiger partial charge in [-0.05, 0) is 18.9 Å². The highest BCUT2D eigenvalue weighted by atomic mass is 15.3. The minimum absolute atomic E-state index is 0.826. The van der Waals surface area contributed by atoms with Crippen LogP contribution in [-0.4, -0.2) is 27.9 Å². The van der Waals surface area contributed by atoms with Crippen LogP contribution in [0.25, 0.3) is 0 Å². The summed E-state index contributed by atoms with van der Waals surface area (Å²) in [5.74, 6) is 1.76. The Hall–Kier alpha value is -0.900. The first-order valence-electron chi connectivity index (χ1n) is 6.81. The third-order valence-electron chi connectivity index (χ3n) is 3.15.